The van der Waals surface area contributed by atoms with Gasteiger partial charge >= 0.3 is 0 Å². The summed E-state index contributed by atoms with van der Waals surface area (Å²) >= 11 is 1.10. The Morgan fingerprint density at radius 3 is 2.67 bits per heavy atom. The number of rotatable bonds is 3. The number of nitrogen functional groups attached to an aromatic ring is 1. The van der Waals surface area contributed by atoms with Crippen LogP contribution in [0.5, 0.6) is 0 Å². The molecule has 5 nitrogen and oxygen atoms in total. The predicted molar refractivity (Wildman–Crippen MR) is 85.6 cm³/mol. The third kappa shape index (κ3) is 2.45. The summed E-state index contributed by atoms with van der Waals surface area (Å²) < 4.78 is 0. The topological polar surface area (TPSA) is 72.1 Å². The van der Waals surface area contributed by atoms with Crippen molar-refractivity contribution in [2.45, 2.75) is 6.92 Å². The highest BCUT2D eigenvalue weighted by Gasteiger charge is 2.21. The first-order chi connectivity index (χ1) is 10.2. The Hall–Kier alpha value is -2.47. The molecule has 0 spiro atoms. The van der Waals surface area contributed by atoms with Crippen LogP contribution < -0.4 is 10.6 Å². The first-order valence-corrected chi connectivity index (χ1v) is 7.41. The Bertz CT molecular complexity index is 794. The molecule has 0 saturated carbocycles. The Morgan fingerprint density at radius 1 is 1.19 bits per heavy atom. The molecule has 1 amide bonds. The molecule has 2 aromatic carbocycles. The van der Waals surface area contributed by atoms with Crippen LogP contribution in [-0.2, 0) is 0 Å². The summed E-state index contributed by atoms with van der Waals surface area (Å²) in [7, 11) is 0. The third-order valence-corrected chi connectivity index (χ3v) is 3.98. The second-order valence-corrected chi connectivity index (χ2v) is 5.50. The standard InChI is InChI=1S/C15H14N4OS/c1-2-19(14(20)13-17-18-15(16)21-13)12-9-5-7-10-6-3-4-8-11(10)12/h3-9H,2H2,1H3,(H2,16,18). The molecule has 2 N–H and O–H groups in total. The first-order valence-electron chi connectivity index (χ1n) is 6.59. The van der Waals surface area contributed by atoms with Crippen LogP contribution in [0.4, 0.5) is 10.8 Å². The number of carbonyl (C=O) groups is 1. The van der Waals surface area contributed by atoms with Crippen LogP contribution in [0.2, 0.25) is 0 Å². The number of hydrogen-bond donors (Lipinski definition) is 1. The van der Waals surface area contributed by atoms with Crippen molar-refractivity contribution in [1.29, 1.82) is 0 Å². The van der Waals surface area contributed by atoms with Crippen molar-refractivity contribution in [2.24, 2.45) is 0 Å². The molecule has 0 aliphatic rings. The summed E-state index contributed by atoms with van der Waals surface area (Å²) in [6, 6.07) is 13.9. The number of hydrogen-bond acceptors (Lipinski definition) is 5. The highest BCUT2D eigenvalue weighted by Crippen LogP contribution is 2.28. The van der Waals surface area contributed by atoms with Crippen molar-refractivity contribution in [2.75, 3.05) is 17.2 Å². The largest absolute Gasteiger partial charge is 0.374 e. The summed E-state index contributed by atoms with van der Waals surface area (Å²) in [5.74, 6) is -0.178. The monoisotopic (exact) mass is 298 g/mol. The van der Waals surface area contributed by atoms with Crippen LogP contribution in [0.25, 0.3) is 10.8 Å². The zero-order chi connectivity index (χ0) is 14.8. The maximum atomic E-state index is 12.6. The Kier molecular flexibility index (Phi) is 3.53. The molecular weight excluding hydrogens is 284 g/mol. The molecule has 0 saturated heterocycles. The number of aromatic nitrogens is 2. The molecule has 0 aliphatic carbocycles. The summed E-state index contributed by atoms with van der Waals surface area (Å²) in [5.41, 5.74) is 6.43. The molecule has 0 fully saturated rings. The van der Waals surface area contributed by atoms with E-state index in [0.29, 0.717) is 16.7 Å². The molecular formula is C15H14N4OS. The zero-order valence-electron chi connectivity index (χ0n) is 11.5. The highest BCUT2D eigenvalue weighted by molar-refractivity contribution is 7.17. The Labute approximate surface area is 126 Å². The maximum absolute atomic E-state index is 12.6. The van der Waals surface area contributed by atoms with Gasteiger partial charge in [-0.05, 0) is 18.4 Å². The van der Waals surface area contributed by atoms with Gasteiger partial charge in [-0.25, -0.2) is 0 Å². The van der Waals surface area contributed by atoms with Gasteiger partial charge in [0.15, 0.2) is 0 Å². The van der Waals surface area contributed by atoms with Crippen molar-refractivity contribution in [3.8, 4) is 0 Å². The first kappa shape index (κ1) is 13.5. The number of carbonyl (C=O) groups excluding carboxylic acids is 1. The van der Waals surface area contributed by atoms with E-state index in [1.165, 1.54) is 0 Å². The molecule has 3 rings (SSSR count). The van der Waals surface area contributed by atoms with Crippen LogP contribution in [-0.4, -0.2) is 22.6 Å². The number of benzene rings is 2. The summed E-state index contributed by atoms with van der Waals surface area (Å²) in [6.45, 7) is 2.48. The van der Waals surface area contributed by atoms with Gasteiger partial charge in [0.05, 0.1) is 5.69 Å². The van der Waals surface area contributed by atoms with Crippen molar-refractivity contribution in [1.82, 2.24) is 10.2 Å². The van der Waals surface area contributed by atoms with Crippen LogP contribution in [0, 0.1) is 0 Å². The fourth-order valence-corrected chi connectivity index (χ4v) is 2.86. The van der Waals surface area contributed by atoms with E-state index in [9.17, 15) is 4.79 Å². The van der Waals surface area contributed by atoms with E-state index in [1.807, 2.05) is 49.4 Å². The highest BCUT2D eigenvalue weighted by atomic mass is 32.1. The number of nitrogens with two attached hydrogens (primary N) is 1. The average Bonchev–Trinajstić information content (AvgIpc) is 2.95. The third-order valence-electron chi connectivity index (χ3n) is 3.24. The number of nitrogens with zero attached hydrogens (tertiary/aromatic N) is 3. The summed E-state index contributed by atoms with van der Waals surface area (Å²) in [4.78, 5) is 14.3. The van der Waals surface area contributed by atoms with Gasteiger partial charge in [0.1, 0.15) is 0 Å². The molecule has 6 heteroatoms. The van der Waals surface area contributed by atoms with Crippen molar-refractivity contribution in [3.63, 3.8) is 0 Å². The second kappa shape index (κ2) is 5.49. The van der Waals surface area contributed by atoms with Crippen molar-refractivity contribution < 1.29 is 4.79 Å². The lowest BCUT2D eigenvalue weighted by Gasteiger charge is -2.21. The van der Waals surface area contributed by atoms with Gasteiger partial charge in [-0.15, -0.1) is 10.2 Å². The van der Waals surface area contributed by atoms with Crippen molar-refractivity contribution >= 4 is 38.8 Å². The van der Waals surface area contributed by atoms with E-state index < -0.39 is 0 Å². The lowest BCUT2D eigenvalue weighted by molar-refractivity contribution is 0.0987. The summed E-state index contributed by atoms with van der Waals surface area (Å²) in [5, 5.41) is 10.3. The molecule has 0 radical (unpaired) electrons. The predicted octanol–water partition coefficient (Wildman–Crippen LogP) is 2.94. The van der Waals surface area contributed by atoms with Gasteiger partial charge in [-0.2, -0.15) is 0 Å². The van der Waals surface area contributed by atoms with Gasteiger partial charge < -0.3 is 10.6 Å². The SMILES string of the molecule is CCN(C(=O)c1nnc(N)s1)c1cccc2ccccc12. The molecule has 0 aliphatic heterocycles. The maximum Gasteiger partial charge on any atom is 0.289 e. The second-order valence-electron chi connectivity index (χ2n) is 4.49. The van der Waals surface area contributed by atoms with E-state index in [2.05, 4.69) is 10.2 Å². The summed E-state index contributed by atoms with van der Waals surface area (Å²) in [6.07, 6.45) is 0. The number of fused-ring (bicyclic) bond motifs is 1. The molecule has 0 unspecified atom stereocenters. The molecule has 0 bridgehead atoms. The van der Waals surface area contributed by atoms with Crippen LogP contribution in [0.1, 0.15) is 16.7 Å². The van der Waals surface area contributed by atoms with E-state index in [-0.39, 0.29) is 5.91 Å². The molecule has 106 valence electrons. The van der Waals surface area contributed by atoms with E-state index in [1.54, 1.807) is 4.90 Å². The van der Waals surface area contributed by atoms with Crippen LogP contribution >= 0.6 is 11.3 Å². The minimum absolute atomic E-state index is 0.178. The van der Waals surface area contributed by atoms with E-state index in [4.69, 9.17) is 5.73 Å². The van der Waals surface area contributed by atoms with Gasteiger partial charge in [0, 0.05) is 11.9 Å². The van der Waals surface area contributed by atoms with Gasteiger partial charge in [0.2, 0.25) is 10.1 Å². The molecule has 1 heterocycles. The molecule has 3 aromatic rings. The molecule has 0 atom stereocenters. The lowest BCUT2D eigenvalue weighted by Crippen LogP contribution is -2.30. The number of amides is 1. The van der Waals surface area contributed by atoms with Crippen molar-refractivity contribution in [3.05, 3.63) is 47.5 Å². The van der Waals surface area contributed by atoms with Gasteiger partial charge in [-0.3, -0.25) is 4.79 Å². The smallest absolute Gasteiger partial charge is 0.289 e. The fourth-order valence-electron chi connectivity index (χ4n) is 2.30. The Balaban J connectivity index is 2.08. The quantitative estimate of drug-likeness (QED) is 0.807. The van der Waals surface area contributed by atoms with Crippen LogP contribution in [0.3, 0.4) is 0 Å². The number of anilines is 2. The average molecular weight is 298 g/mol. The molecule has 1 aromatic heterocycles. The molecule has 21 heavy (non-hydrogen) atoms. The minimum atomic E-state index is -0.178. The Morgan fingerprint density at radius 2 is 1.95 bits per heavy atom. The zero-order valence-corrected chi connectivity index (χ0v) is 12.3. The van der Waals surface area contributed by atoms with Crippen LogP contribution in [0.15, 0.2) is 42.5 Å². The normalized spacial score (nSPS) is 10.7. The van der Waals surface area contributed by atoms with Gasteiger partial charge in [-0.1, -0.05) is 47.7 Å². The van der Waals surface area contributed by atoms with E-state index >= 15 is 0 Å². The fraction of sp³-hybridized carbons (Fsp3) is 0.133. The lowest BCUT2D eigenvalue weighted by atomic mass is 10.1. The van der Waals surface area contributed by atoms with E-state index in [0.717, 1.165) is 27.8 Å². The van der Waals surface area contributed by atoms with Gasteiger partial charge in [0.25, 0.3) is 5.91 Å². The minimum Gasteiger partial charge on any atom is -0.374 e.